The average molecular weight is 295 g/mol. The van der Waals surface area contributed by atoms with Gasteiger partial charge in [0, 0.05) is 5.56 Å². The fourth-order valence-electron chi connectivity index (χ4n) is 3.59. The van der Waals surface area contributed by atoms with E-state index in [0.717, 1.165) is 42.4 Å². The lowest BCUT2D eigenvalue weighted by atomic mass is 9.81. The molecule has 1 saturated carbocycles. The molecule has 0 radical (unpaired) electrons. The molecule has 0 spiro atoms. The number of carboxylic acids is 1. The molecule has 1 N–H and O–H groups in total. The van der Waals surface area contributed by atoms with Crippen LogP contribution in [0.5, 0.6) is 5.75 Å². The molecule has 3 nitrogen and oxygen atoms in total. The van der Waals surface area contributed by atoms with Crippen molar-refractivity contribution in [2.24, 2.45) is 0 Å². The highest BCUT2D eigenvalue weighted by atomic mass is 35.5. The number of carbonyl (C=O) groups is 1. The highest BCUT2D eigenvalue weighted by Crippen LogP contribution is 2.56. The van der Waals surface area contributed by atoms with Crippen LogP contribution in [0.4, 0.5) is 0 Å². The van der Waals surface area contributed by atoms with Crippen molar-refractivity contribution in [3.63, 3.8) is 0 Å². The molecule has 0 heterocycles. The molecule has 20 heavy (non-hydrogen) atoms. The van der Waals surface area contributed by atoms with Crippen molar-refractivity contribution in [3.05, 3.63) is 27.3 Å². The van der Waals surface area contributed by atoms with Crippen LogP contribution < -0.4 is 4.74 Å². The molecule has 0 amide bonds. The summed E-state index contributed by atoms with van der Waals surface area (Å²) < 4.78 is 5.50. The molecule has 0 unspecified atom stereocenters. The minimum Gasteiger partial charge on any atom is -0.495 e. The Balaban J connectivity index is 2.29. The Morgan fingerprint density at radius 2 is 1.85 bits per heavy atom. The molecular weight excluding hydrogens is 276 g/mol. The second-order valence-corrected chi connectivity index (χ2v) is 6.28. The highest BCUT2D eigenvalue weighted by Gasteiger charge is 2.55. The third kappa shape index (κ3) is 1.76. The zero-order valence-electron chi connectivity index (χ0n) is 11.9. The van der Waals surface area contributed by atoms with E-state index < -0.39 is 11.4 Å². The summed E-state index contributed by atoms with van der Waals surface area (Å²) in [4.78, 5) is 11.7. The Labute approximate surface area is 123 Å². The van der Waals surface area contributed by atoms with Crippen LogP contribution in [0.2, 0.25) is 5.02 Å². The monoisotopic (exact) mass is 294 g/mol. The normalized spacial score (nSPS) is 19.4. The fourth-order valence-corrected chi connectivity index (χ4v) is 3.97. The topological polar surface area (TPSA) is 46.5 Å². The van der Waals surface area contributed by atoms with Crippen LogP contribution in [0.25, 0.3) is 0 Å². The van der Waals surface area contributed by atoms with Crippen molar-refractivity contribution in [3.8, 4) is 5.75 Å². The van der Waals surface area contributed by atoms with Crippen LogP contribution in [0.3, 0.4) is 0 Å². The molecule has 0 bridgehead atoms. The number of hydrogen-bond donors (Lipinski definition) is 1. The van der Waals surface area contributed by atoms with Crippen molar-refractivity contribution in [2.45, 2.75) is 50.9 Å². The summed E-state index contributed by atoms with van der Waals surface area (Å²) in [5, 5.41) is 10.2. The molecule has 0 saturated heterocycles. The lowest BCUT2D eigenvalue weighted by Gasteiger charge is -2.27. The van der Waals surface area contributed by atoms with Crippen molar-refractivity contribution in [2.75, 3.05) is 7.11 Å². The zero-order chi connectivity index (χ0) is 14.5. The summed E-state index contributed by atoms with van der Waals surface area (Å²) in [7, 11) is 1.58. The predicted molar refractivity (Wildman–Crippen MR) is 77.9 cm³/mol. The largest absolute Gasteiger partial charge is 0.495 e. The van der Waals surface area contributed by atoms with Crippen molar-refractivity contribution < 1.29 is 14.6 Å². The first-order valence-corrected chi connectivity index (χ1v) is 7.52. The third-order valence-corrected chi connectivity index (χ3v) is 5.23. The Morgan fingerprint density at radius 3 is 2.35 bits per heavy atom. The van der Waals surface area contributed by atoms with Crippen molar-refractivity contribution in [1.82, 2.24) is 0 Å². The van der Waals surface area contributed by atoms with Crippen LogP contribution in [-0.2, 0) is 23.1 Å². The minimum absolute atomic E-state index is 0.588. The van der Waals surface area contributed by atoms with Gasteiger partial charge < -0.3 is 9.84 Å². The minimum atomic E-state index is -0.772. The summed E-state index contributed by atoms with van der Waals surface area (Å²) in [5.74, 6) is -0.171. The van der Waals surface area contributed by atoms with E-state index in [1.807, 2.05) is 6.92 Å². The number of carboxylic acid groups (broad SMARTS) is 1. The van der Waals surface area contributed by atoms with E-state index in [9.17, 15) is 9.90 Å². The SMILES string of the molecule is COc1c(Cl)c2c(c(C)c1C1(C(=O)O)CC1)CCCC2. The molecule has 3 rings (SSSR count). The molecule has 2 aliphatic rings. The van der Waals surface area contributed by atoms with Gasteiger partial charge >= 0.3 is 5.97 Å². The van der Waals surface area contributed by atoms with Gasteiger partial charge in [0.15, 0.2) is 0 Å². The first-order valence-electron chi connectivity index (χ1n) is 7.14. The molecule has 2 aliphatic carbocycles. The van der Waals surface area contributed by atoms with E-state index in [1.54, 1.807) is 7.11 Å². The maximum Gasteiger partial charge on any atom is 0.314 e. The predicted octanol–water partition coefficient (Wildman–Crippen LogP) is 3.65. The first kappa shape index (κ1) is 13.7. The quantitative estimate of drug-likeness (QED) is 0.925. The second kappa shape index (κ2) is 4.66. The number of halogens is 1. The van der Waals surface area contributed by atoms with E-state index in [0.29, 0.717) is 23.6 Å². The Morgan fingerprint density at radius 1 is 1.25 bits per heavy atom. The number of rotatable bonds is 3. The standard InChI is InChI=1S/C16H19ClO3/c1-9-10-5-3-4-6-11(10)13(17)14(20-2)12(9)16(7-8-16)15(18)19/h3-8H2,1-2H3,(H,18,19). The zero-order valence-corrected chi connectivity index (χ0v) is 12.6. The van der Waals surface area contributed by atoms with Crippen LogP contribution in [0.15, 0.2) is 0 Å². The lowest BCUT2D eigenvalue weighted by Crippen LogP contribution is -2.23. The molecular formula is C16H19ClO3. The van der Waals surface area contributed by atoms with Gasteiger partial charge in [0.2, 0.25) is 0 Å². The van der Waals surface area contributed by atoms with Gasteiger partial charge in [-0.05, 0) is 62.1 Å². The van der Waals surface area contributed by atoms with Crippen molar-refractivity contribution in [1.29, 1.82) is 0 Å². The van der Waals surface area contributed by atoms with Crippen molar-refractivity contribution >= 4 is 17.6 Å². The third-order valence-electron chi connectivity index (χ3n) is 4.83. The van der Waals surface area contributed by atoms with Gasteiger partial charge in [-0.3, -0.25) is 4.79 Å². The van der Waals surface area contributed by atoms with Gasteiger partial charge in [-0.2, -0.15) is 0 Å². The first-order chi connectivity index (χ1) is 9.53. The Kier molecular flexibility index (Phi) is 3.20. The Hall–Kier alpha value is -1.22. The molecule has 108 valence electrons. The molecule has 1 fully saturated rings. The van der Waals surface area contributed by atoms with E-state index in [2.05, 4.69) is 0 Å². The Bertz CT molecular complexity index is 588. The van der Waals surface area contributed by atoms with E-state index >= 15 is 0 Å². The van der Waals surface area contributed by atoms with Crippen LogP contribution in [-0.4, -0.2) is 18.2 Å². The summed E-state index contributed by atoms with van der Waals surface area (Å²) in [5.41, 5.74) is 3.55. The van der Waals surface area contributed by atoms with E-state index in [-0.39, 0.29) is 0 Å². The smallest absolute Gasteiger partial charge is 0.314 e. The maximum atomic E-state index is 11.7. The van der Waals surface area contributed by atoms with E-state index in [1.165, 1.54) is 5.56 Å². The number of methoxy groups -OCH3 is 1. The van der Waals surface area contributed by atoms with Gasteiger partial charge in [-0.25, -0.2) is 0 Å². The van der Waals surface area contributed by atoms with Crippen LogP contribution in [0, 0.1) is 6.92 Å². The summed E-state index contributed by atoms with van der Waals surface area (Å²) >= 11 is 6.52. The average Bonchev–Trinajstić information content (AvgIpc) is 3.24. The van der Waals surface area contributed by atoms with Gasteiger partial charge in [0.05, 0.1) is 17.5 Å². The van der Waals surface area contributed by atoms with Gasteiger partial charge in [0.25, 0.3) is 0 Å². The summed E-state index contributed by atoms with van der Waals surface area (Å²) in [6.07, 6.45) is 5.59. The van der Waals surface area contributed by atoms with Gasteiger partial charge in [-0.15, -0.1) is 0 Å². The molecule has 0 aromatic heterocycles. The molecule has 0 aliphatic heterocycles. The number of aliphatic carboxylic acids is 1. The number of benzene rings is 1. The number of ether oxygens (including phenoxy) is 1. The summed E-state index contributed by atoms with van der Waals surface area (Å²) in [6, 6.07) is 0. The van der Waals surface area contributed by atoms with Gasteiger partial charge in [0.1, 0.15) is 5.75 Å². The van der Waals surface area contributed by atoms with E-state index in [4.69, 9.17) is 16.3 Å². The van der Waals surface area contributed by atoms with Crippen LogP contribution in [0.1, 0.15) is 47.9 Å². The molecule has 1 aromatic rings. The molecule has 0 atom stereocenters. The maximum absolute atomic E-state index is 11.7. The fraction of sp³-hybridized carbons (Fsp3) is 0.562. The lowest BCUT2D eigenvalue weighted by molar-refractivity contribution is -0.140. The van der Waals surface area contributed by atoms with Crippen LogP contribution >= 0.6 is 11.6 Å². The van der Waals surface area contributed by atoms with Gasteiger partial charge in [-0.1, -0.05) is 11.6 Å². The molecule has 4 heteroatoms. The second-order valence-electron chi connectivity index (χ2n) is 5.90. The number of hydrogen-bond acceptors (Lipinski definition) is 2. The molecule has 1 aromatic carbocycles. The number of fused-ring (bicyclic) bond motifs is 1. The summed E-state index contributed by atoms with van der Waals surface area (Å²) in [6.45, 7) is 2.03. The highest BCUT2D eigenvalue weighted by molar-refractivity contribution is 6.33.